The molecule has 0 amide bonds. The molecule has 2 aromatic rings. The molecule has 2 nitrogen and oxygen atoms in total. The molecule has 3 rings (SSSR count). The Balaban J connectivity index is 1.63. The summed E-state index contributed by atoms with van der Waals surface area (Å²) in [6.45, 7) is 4.09. The Bertz CT molecular complexity index is 703. The minimum absolute atomic E-state index is 0.140. The highest BCUT2D eigenvalue weighted by Crippen LogP contribution is 2.38. The maximum atomic E-state index is 13.6. The third kappa shape index (κ3) is 3.12. The summed E-state index contributed by atoms with van der Waals surface area (Å²) in [7, 11) is 0. The first-order valence-electron chi connectivity index (χ1n) is 7.60. The third-order valence-corrected chi connectivity index (χ3v) is 5.13. The van der Waals surface area contributed by atoms with E-state index in [4.69, 9.17) is 0 Å². The molecule has 0 N–H and O–H groups in total. The molecule has 0 unspecified atom stereocenters. The number of carbonyl (C=O) groups is 1. The van der Waals surface area contributed by atoms with Gasteiger partial charge in [0.1, 0.15) is 5.82 Å². The van der Waals surface area contributed by atoms with Crippen LogP contribution in [0.15, 0.2) is 30.3 Å². The van der Waals surface area contributed by atoms with Gasteiger partial charge in [0.05, 0.1) is 5.75 Å². The van der Waals surface area contributed by atoms with Gasteiger partial charge in [-0.2, -0.15) is 0 Å². The molecule has 0 spiro atoms. The van der Waals surface area contributed by atoms with Crippen molar-refractivity contribution >= 4 is 17.5 Å². The van der Waals surface area contributed by atoms with Crippen molar-refractivity contribution in [2.75, 3.05) is 5.75 Å². The van der Waals surface area contributed by atoms with Gasteiger partial charge in [0, 0.05) is 28.7 Å². The fourth-order valence-corrected chi connectivity index (χ4v) is 3.80. The number of hydrogen-bond donors (Lipinski definition) is 0. The van der Waals surface area contributed by atoms with Crippen molar-refractivity contribution in [2.45, 2.75) is 38.5 Å². The Morgan fingerprint density at radius 2 is 2.05 bits per heavy atom. The van der Waals surface area contributed by atoms with Crippen LogP contribution in [0.3, 0.4) is 0 Å². The maximum absolute atomic E-state index is 13.6. The summed E-state index contributed by atoms with van der Waals surface area (Å²) in [6.07, 6.45) is 2.43. The predicted octanol–water partition coefficient (Wildman–Crippen LogP) is 4.70. The molecule has 1 aliphatic carbocycles. The zero-order valence-corrected chi connectivity index (χ0v) is 13.8. The molecule has 0 radical (unpaired) electrons. The van der Waals surface area contributed by atoms with E-state index >= 15 is 0 Å². The average molecular weight is 317 g/mol. The lowest BCUT2D eigenvalue weighted by atomic mass is 10.2. The Morgan fingerprint density at radius 3 is 2.73 bits per heavy atom. The van der Waals surface area contributed by atoms with E-state index in [0.717, 1.165) is 11.3 Å². The molecular formula is C18H20FNOS. The SMILES string of the molecule is Cc1cc(C(=O)CSCc2ccccc2F)c(C)n1C1CC1. The van der Waals surface area contributed by atoms with Crippen LogP contribution < -0.4 is 0 Å². The largest absolute Gasteiger partial charge is 0.345 e. The van der Waals surface area contributed by atoms with Gasteiger partial charge in [0.2, 0.25) is 0 Å². The van der Waals surface area contributed by atoms with Crippen molar-refractivity contribution in [1.29, 1.82) is 0 Å². The van der Waals surface area contributed by atoms with Gasteiger partial charge in [-0.3, -0.25) is 4.79 Å². The molecule has 0 bridgehead atoms. The van der Waals surface area contributed by atoms with Crippen LogP contribution in [0.25, 0.3) is 0 Å². The highest BCUT2D eigenvalue weighted by Gasteiger charge is 2.28. The summed E-state index contributed by atoms with van der Waals surface area (Å²) in [5, 5.41) is 0. The fourth-order valence-electron chi connectivity index (χ4n) is 2.90. The van der Waals surface area contributed by atoms with E-state index in [1.54, 1.807) is 12.1 Å². The summed E-state index contributed by atoms with van der Waals surface area (Å²) in [6, 6.07) is 9.32. The Labute approximate surface area is 134 Å². The monoisotopic (exact) mass is 317 g/mol. The Morgan fingerprint density at radius 1 is 1.32 bits per heavy atom. The number of aromatic nitrogens is 1. The smallest absolute Gasteiger partial charge is 0.174 e. The fraction of sp³-hybridized carbons (Fsp3) is 0.389. The second-order valence-corrected chi connectivity index (χ2v) is 6.88. The first-order chi connectivity index (χ1) is 10.6. The van der Waals surface area contributed by atoms with Crippen LogP contribution in [0.5, 0.6) is 0 Å². The molecule has 1 aliphatic rings. The number of benzene rings is 1. The maximum Gasteiger partial charge on any atom is 0.174 e. The Hall–Kier alpha value is -1.55. The van der Waals surface area contributed by atoms with Crippen LogP contribution in [-0.2, 0) is 5.75 Å². The zero-order valence-electron chi connectivity index (χ0n) is 12.9. The summed E-state index contributed by atoms with van der Waals surface area (Å²) >= 11 is 1.47. The predicted molar refractivity (Wildman–Crippen MR) is 89.1 cm³/mol. The zero-order chi connectivity index (χ0) is 15.7. The highest BCUT2D eigenvalue weighted by molar-refractivity contribution is 7.99. The molecule has 1 aromatic heterocycles. The van der Waals surface area contributed by atoms with Crippen LogP contribution >= 0.6 is 11.8 Å². The number of hydrogen-bond acceptors (Lipinski definition) is 2. The molecule has 116 valence electrons. The molecule has 22 heavy (non-hydrogen) atoms. The van der Waals surface area contributed by atoms with Gasteiger partial charge in [-0.1, -0.05) is 18.2 Å². The van der Waals surface area contributed by atoms with Gasteiger partial charge in [-0.05, 0) is 44.4 Å². The van der Waals surface area contributed by atoms with E-state index in [-0.39, 0.29) is 11.6 Å². The van der Waals surface area contributed by atoms with E-state index < -0.39 is 0 Å². The van der Waals surface area contributed by atoms with Crippen LogP contribution in [0.4, 0.5) is 4.39 Å². The number of rotatable bonds is 6. The molecular weight excluding hydrogens is 297 g/mol. The van der Waals surface area contributed by atoms with E-state index in [2.05, 4.69) is 11.5 Å². The second-order valence-electron chi connectivity index (χ2n) is 5.89. The minimum atomic E-state index is -0.200. The van der Waals surface area contributed by atoms with Crippen molar-refractivity contribution in [3.63, 3.8) is 0 Å². The normalized spacial score (nSPS) is 14.3. The quantitative estimate of drug-likeness (QED) is 0.721. The van der Waals surface area contributed by atoms with Gasteiger partial charge in [-0.15, -0.1) is 11.8 Å². The Kier molecular flexibility index (Phi) is 4.39. The van der Waals surface area contributed by atoms with E-state index in [9.17, 15) is 9.18 Å². The van der Waals surface area contributed by atoms with Gasteiger partial charge in [0.25, 0.3) is 0 Å². The molecule has 1 heterocycles. The highest BCUT2D eigenvalue weighted by atomic mass is 32.2. The molecule has 4 heteroatoms. The number of halogens is 1. The van der Waals surface area contributed by atoms with Crippen molar-refractivity contribution in [1.82, 2.24) is 4.57 Å². The number of aryl methyl sites for hydroxylation is 1. The van der Waals surface area contributed by atoms with Crippen molar-refractivity contribution in [3.8, 4) is 0 Å². The first-order valence-corrected chi connectivity index (χ1v) is 8.76. The van der Waals surface area contributed by atoms with Crippen LogP contribution in [-0.4, -0.2) is 16.1 Å². The third-order valence-electron chi connectivity index (χ3n) is 4.15. The van der Waals surface area contributed by atoms with Gasteiger partial charge >= 0.3 is 0 Å². The molecule has 0 aliphatic heterocycles. The number of thioether (sulfide) groups is 1. The van der Waals surface area contributed by atoms with Crippen molar-refractivity contribution in [2.24, 2.45) is 0 Å². The van der Waals surface area contributed by atoms with Crippen LogP contribution in [0, 0.1) is 19.7 Å². The molecule has 1 saturated carbocycles. The molecule has 1 fully saturated rings. The van der Waals surface area contributed by atoms with Crippen LogP contribution in [0.2, 0.25) is 0 Å². The molecule has 0 saturated heterocycles. The van der Waals surface area contributed by atoms with Crippen molar-refractivity contribution in [3.05, 3.63) is 58.7 Å². The summed E-state index contributed by atoms with van der Waals surface area (Å²) < 4.78 is 15.8. The lowest BCUT2D eigenvalue weighted by Gasteiger charge is -2.07. The lowest BCUT2D eigenvalue weighted by molar-refractivity contribution is 0.102. The van der Waals surface area contributed by atoms with E-state index in [1.165, 1.54) is 36.4 Å². The molecule has 1 aromatic carbocycles. The topological polar surface area (TPSA) is 22.0 Å². The van der Waals surface area contributed by atoms with Gasteiger partial charge in [0.15, 0.2) is 5.78 Å². The lowest BCUT2D eigenvalue weighted by Crippen LogP contribution is -2.06. The number of ketones is 1. The second kappa shape index (κ2) is 6.29. The standard InChI is InChI=1S/C18H20FNOS/c1-12-9-16(13(2)20(12)15-7-8-15)18(21)11-22-10-14-5-3-4-6-17(14)19/h3-6,9,15H,7-8,10-11H2,1-2H3. The summed E-state index contributed by atoms with van der Waals surface area (Å²) in [4.78, 5) is 12.4. The van der Waals surface area contributed by atoms with Gasteiger partial charge in [-0.25, -0.2) is 4.39 Å². The molecule has 0 atom stereocenters. The number of carbonyl (C=O) groups excluding carboxylic acids is 1. The van der Waals surface area contributed by atoms with E-state index in [1.807, 2.05) is 19.1 Å². The van der Waals surface area contributed by atoms with Crippen LogP contribution in [0.1, 0.15) is 46.2 Å². The first kappa shape index (κ1) is 15.3. The van der Waals surface area contributed by atoms with E-state index in [0.29, 0.717) is 23.1 Å². The number of Topliss-reactive ketones (excluding diaryl/α,β-unsaturated/α-hetero) is 1. The summed E-state index contributed by atoms with van der Waals surface area (Å²) in [5.41, 5.74) is 3.73. The van der Waals surface area contributed by atoms with Gasteiger partial charge < -0.3 is 4.57 Å². The number of nitrogens with zero attached hydrogens (tertiary/aromatic N) is 1. The van der Waals surface area contributed by atoms with Crippen molar-refractivity contribution < 1.29 is 9.18 Å². The minimum Gasteiger partial charge on any atom is -0.345 e. The summed E-state index contributed by atoms with van der Waals surface area (Å²) in [5.74, 6) is 0.860. The average Bonchev–Trinajstić information content (AvgIpc) is 3.27.